The molecule has 1 atom stereocenters. The third-order valence-electron chi connectivity index (χ3n) is 4.02. The standard InChI is InChI=1S/C21H16N2OS.ClH/c24-20(16-11-5-2-6-12-16)19(15-9-3-1-4-10-15)23-21-22-17-13-7-8-14-18(17)25-21;/h1-14,19H,(H,22,23);1H/p-1. The second-order valence-corrected chi connectivity index (χ2v) is 6.74. The van der Waals surface area contributed by atoms with E-state index in [0.29, 0.717) is 5.56 Å². The quantitative estimate of drug-likeness (QED) is 0.541. The first-order chi connectivity index (χ1) is 12.3. The van der Waals surface area contributed by atoms with Gasteiger partial charge in [-0.25, -0.2) is 4.98 Å². The molecule has 0 aliphatic heterocycles. The van der Waals surface area contributed by atoms with E-state index in [2.05, 4.69) is 10.3 Å². The molecule has 0 aliphatic rings. The van der Waals surface area contributed by atoms with E-state index >= 15 is 0 Å². The predicted molar refractivity (Wildman–Crippen MR) is 103 cm³/mol. The molecule has 130 valence electrons. The fourth-order valence-electron chi connectivity index (χ4n) is 2.77. The number of aromatic nitrogens is 1. The molecule has 0 radical (unpaired) electrons. The summed E-state index contributed by atoms with van der Waals surface area (Å²) in [6.45, 7) is 0. The molecule has 1 N–H and O–H groups in total. The van der Waals surface area contributed by atoms with Crippen LogP contribution in [0.4, 0.5) is 5.13 Å². The topological polar surface area (TPSA) is 42.0 Å². The average Bonchev–Trinajstić information content (AvgIpc) is 3.09. The number of fused-ring (bicyclic) bond motifs is 1. The van der Waals surface area contributed by atoms with E-state index in [0.717, 1.165) is 20.9 Å². The molecule has 3 nitrogen and oxygen atoms in total. The van der Waals surface area contributed by atoms with Gasteiger partial charge in [-0.05, 0) is 17.7 Å². The summed E-state index contributed by atoms with van der Waals surface area (Å²) < 4.78 is 1.10. The summed E-state index contributed by atoms with van der Waals surface area (Å²) in [5.41, 5.74) is 2.55. The largest absolute Gasteiger partial charge is 1.00 e. The van der Waals surface area contributed by atoms with Gasteiger partial charge in [-0.15, -0.1) is 0 Å². The lowest BCUT2D eigenvalue weighted by molar-refractivity contribution is -0.0000126. The molecule has 1 unspecified atom stereocenters. The highest BCUT2D eigenvalue weighted by atomic mass is 35.5. The number of para-hydroxylation sites is 1. The number of carbonyl (C=O) groups is 1. The summed E-state index contributed by atoms with van der Waals surface area (Å²) in [5, 5.41) is 4.09. The van der Waals surface area contributed by atoms with Crippen molar-refractivity contribution in [1.29, 1.82) is 0 Å². The number of anilines is 1. The van der Waals surface area contributed by atoms with Gasteiger partial charge in [-0.1, -0.05) is 84.1 Å². The Hall–Kier alpha value is -2.69. The minimum atomic E-state index is -0.468. The molecule has 0 aliphatic carbocycles. The van der Waals surface area contributed by atoms with Crippen molar-refractivity contribution < 1.29 is 17.2 Å². The second kappa shape index (κ2) is 8.13. The number of rotatable bonds is 5. The number of Topliss-reactive ketones (excluding diaryl/α,β-unsaturated/α-hetero) is 1. The Balaban J connectivity index is 0.00000196. The van der Waals surface area contributed by atoms with Crippen LogP contribution in [-0.4, -0.2) is 10.8 Å². The Kier molecular flexibility index (Phi) is 5.66. The highest BCUT2D eigenvalue weighted by molar-refractivity contribution is 7.22. The first-order valence-electron chi connectivity index (χ1n) is 8.07. The zero-order valence-electron chi connectivity index (χ0n) is 13.8. The maximum atomic E-state index is 13.1. The summed E-state index contributed by atoms with van der Waals surface area (Å²) in [6, 6.07) is 26.6. The van der Waals surface area contributed by atoms with Crippen molar-refractivity contribution in [2.45, 2.75) is 6.04 Å². The van der Waals surface area contributed by atoms with Crippen LogP contribution in [0.2, 0.25) is 0 Å². The first kappa shape index (κ1) is 18.1. The van der Waals surface area contributed by atoms with Gasteiger partial charge < -0.3 is 17.7 Å². The van der Waals surface area contributed by atoms with Gasteiger partial charge in [0.2, 0.25) is 0 Å². The molecule has 0 spiro atoms. The number of benzene rings is 3. The Bertz CT molecular complexity index is 969. The molecule has 0 saturated carbocycles. The Labute approximate surface area is 162 Å². The van der Waals surface area contributed by atoms with Gasteiger partial charge in [0.15, 0.2) is 10.9 Å². The number of nitrogens with zero attached hydrogens (tertiary/aromatic N) is 1. The SMILES string of the molecule is O=C(c1ccccc1)C(Nc1nc2ccccc2s1)c1ccccc1.[Cl-]. The van der Waals surface area contributed by atoms with E-state index in [-0.39, 0.29) is 18.2 Å². The van der Waals surface area contributed by atoms with Crippen LogP contribution in [0.15, 0.2) is 84.9 Å². The van der Waals surface area contributed by atoms with E-state index in [9.17, 15) is 4.79 Å². The average molecular weight is 380 g/mol. The van der Waals surface area contributed by atoms with E-state index in [1.165, 1.54) is 0 Å². The molecule has 0 amide bonds. The molecule has 4 rings (SSSR count). The van der Waals surface area contributed by atoms with Crippen molar-refractivity contribution in [3.63, 3.8) is 0 Å². The van der Waals surface area contributed by atoms with Crippen LogP contribution in [0, 0.1) is 0 Å². The summed E-state index contributed by atoms with van der Waals surface area (Å²) >= 11 is 1.56. The van der Waals surface area contributed by atoms with Gasteiger partial charge in [-0.3, -0.25) is 4.79 Å². The fraction of sp³-hybridized carbons (Fsp3) is 0.0476. The van der Waals surface area contributed by atoms with Crippen LogP contribution in [0.25, 0.3) is 10.2 Å². The zero-order valence-corrected chi connectivity index (χ0v) is 15.4. The van der Waals surface area contributed by atoms with E-state index < -0.39 is 6.04 Å². The third kappa shape index (κ3) is 3.77. The minimum absolute atomic E-state index is 0. The van der Waals surface area contributed by atoms with Crippen LogP contribution < -0.4 is 17.7 Å². The van der Waals surface area contributed by atoms with Crippen molar-refractivity contribution in [1.82, 2.24) is 4.98 Å². The van der Waals surface area contributed by atoms with E-state index in [1.54, 1.807) is 11.3 Å². The second-order valence-electron chi connectivity index (χ2n) is 5.71. The summed E-state index contributed by atoms with van der Waals surface area (Å²) in [6.07, 6.45) is 0. The highest BCUT2D eigenvalue weighted by Crippen LogP contribution is 2.30. The van der Waals surface area contributed by atoms with Crippen LogP contribution in [0.5, 0.6) is 0 Å². The maximum absolute atomic E-state index is 13.1. The lowest BCUT2D eigenvalue weighted by atomic mass is 9.97. The predicted octanol–water partition coefficient (Wildman–Crippen LogP) is 2.34. The molecular weight excluding hydrogens is 364 g/mol. The van der Waals surface area contributed by atoms with Crippen molar-refractivity contribution in [3.05, 3.63) is 96.1 Å². The molecule has 4 aromatic rings. The van der Waals surface area contributed by atoms with Gasteiger partial charge in [0.05, 0.1) is 10.2 Å². The molecular formula is C21H16ClN2OS-. The van der Waals surface area contributed by atoms with Gasteiger partial charge in [0.1, 0.15) is 6.04 Å². The Morgan fingerprint density at radius 1 is 0.846 bits per heavy atom. The molecule has 3 aromatic carbocycles. The minimum Gasteiger partial charge on any atom is -1.00 e. The summed E-state index contributed by atoms with van der Waals surface area (Å²) in [5.74, 6) is 0.0334. The first-order valence-corrected chi connectivity index (χ1v) is 8.89. The number of halogens is 1. The van der Waals surface area contributed by atoms with Crippen LogP contribution in [-0.2, 0) is 0 Å². The summed E-state index contributed by atoms with van der Waals surface area (Å²) in [4.78, 5) is 17.7. The van der Waals surface area contributed by atoms with E-state index in [4.69, 9.17) is 0 Å². The monoisotopic (exact) mass is 379 g/mol. The van der Waals surface area contributed by atoms with Crippen molar-refractivity contribution in [2.75, 3.05) is 5.32 Å². The van der Waals surface area contributed by atoms with Crippen LogP contribution >= 0.6 is 11.3 Å². The molecule has 0 saturated heterocycles. The van der Waals surface area contributed by atoms with Gasteiger partial charge >= 0.3 is 0 Å². The van der Waals surface area contributed by atoms with E-state index in [1.807, 2.05) is 84.9 Å². The molecule has 0 fully saturated rings. The smallest absolute Gasteiger partial charge is 0.189 e. The lowest BCUT2D eigenvalue weighted by Gasteiger charge is -2.17. The highest BCUT2D eigenvalue weighted by Gasteiger charge is 2.23. The number of carbonyl (C=O) groups excluding carboxylic acids is 1. The number of hydrogen-bond acceptors (Lipinski definition) is 4. The maximum Gasteiger partial charge on any atom is 0.189 e. The fourth-order valence-corrected chi connectivity index (χ4v) is 3.67. The van der Waals surface area contributed by atoms with Crippen LogP contribution in [0.1, 0.15) is 22.0 Å². The van der Waals surface area contributed by atoms with Gasteiger partial charge in [0.25, 0.3) is 0 Å². The van der Waals surface area contributed by atoms with Crippen molar-refractivity contribution in [2.24, 2.45) is 0 Å². The van der Waals surface area contributed by atoms with Crippen LogP contribution in [0.3, 0.4) is 0 Å². The summed E-state index contributed by atoms with van der Waals surface area (Å²) in [7, 11) is 0. The number of nitrogens with one attached hydrogen (secondary N) is 1. The number of hydrogen-bond donors (Lipinski definition) is 1. The molecule has 5 heteroatoms. The Morgan fingerprint density at radius 2 is 1.46 bits per heavy atom. The molecule has 1 aromatic heterocycles. The van der Waals surface area contributed by atoms with Crippen molar-refractivity contribution in [3.8, 4) is 0 Å². The third-order valence-corrected chi connectivity index (χ3v) is 4.98. The van der Waals surface area contributed by atoms with Gasteiger partial charge in [0, 0.05) is 5.56 Å². The normalized spacial score (nSPS) is 11.5. The molecule has 0 bridgehead atoms. The number of ketones is 1. The zero-order chi connectivity index (χ0) is 17.1. The lowest BCUT2D eigenvalue weighted by Crippen LogP contribution is -3.00. The molecule has 1 heterocycles. The van der Waals surface area contributed by atoms with Gasteiger partial charge in [-0.2, -0.15) is 0 Å². The number of thiazole rings is 1. The molecule has 26 heavy (non-hydrogen) atoms. The van der Waals surface area contributed by atoms with Crippen molar-refractivity contribution >= 4 is 32.5 Å². The Morgan fingerprint density at radius 3 is 2.15 bits per heavy atom.